The first-order valence-corrected chi connectivity index (χ1v) is 11.2. The molecule has 1 aromatic rings. The molecular formula is C21H31IN2O4S. The summed E-state index contributed by atoms with van der Waals surface area (Å²) in [4.78, 5) is 24.6. The first-order chi connectivity index (χ1) is 13.6. The molecule has 0 heterocycles. The second kappa shape index (κ2) is 13.0. The number of nitrogens with one attached hydrogen (secondary N) is 2. The Bertz CT molecular complexity index is 674. The Morgan fingerprint density at radius 3 is 2.41 bits per heavy atom. The predicted molar refractivity (Wildman–Crippen MR) is 127 cm³/mol. The fourth-order valence-electron chi connectivity index (χ4n) is 2.54. The molecule has 1 atom stereocenters. The molecular weight excluding hydrogens is 503 g/mol. The van der Waals surface area contributed by atoms with Crippen molar-refractivity contribution in [1.82, 2.24) is 10.6 Å². The SMILES string of the molecule is COC(=O)[C@H](CCCCNC(=S)CCc1ccc(I)cc1)NC(=O)OC(C)(C)C. The number of hydrogen-bond acceptors (Lipinski definition) is 5. The first kappa shape index (κ1) is 25.6. The molecule has 0 aliphatic rings. The Morgan fingerprint density at radius 1 is 1.17 bits per heavy atom. The number of amides is 1. The Hall–Kier alpha value is -1.42. The molecule has 0 unspecified atom stereocenters. The van der Waals surface area contributed by atoms with Crippen molar-refractivity contribution < 1.29 is 19.1 Å². The number of rotatable bonds is 10. The zero-order valence-electron chi connectivity index (χ0n) is 17.5. The highest BCUT2D eigenvalue weighted by atomic mass is 127. The van der Waals surface area contributed by atoms with Crippen molar-refractivity contribution in [3.8, 4) is 0 Å². The average Bonchev–Trinajstić information content (AvgIpc) is 2.64. The van der Waals surface area contributed by atoms with Gasteiger partial charge in [-0.05, 0) is 86.7 Å². The molecule has 0 bridgehead atoms. The van der Waals surface area contributed by atoms with E-state index in [2.05, 4.69) is 57.5 Å². The van der Waals surface area contributed by atoms with Crippen molar-refractivity contribution >= 4 is 51.9 Å². The Morgan fingerprint density at radius 2 is 1.83 bits per heavy atom. The van der Waals surface area contributed by atoms with Gasteiger partial charge >= 0.3 is 12.1 Å². The van der Waals surface area contributed by atoms with Crippen LogP contribution in [-0.4, -0.2) is 42.3 Å². The van der Waals surface area contributed by atoms with Gasteiger partial charge in [0.05, 0.1) is 12.1 Å². The average molecular weight is 534 g/mol. The van der Waals surface area contributed by atoms with Crippen LogP contribution in [0.5, 0.6) is 0 Å². The summed E-state index contributed by atoms with van der Waals surface area (Å²) in [5.74, 6) is -0.475. The van der Waals surface area contributed by atoms with Crippen LogP contribution in [0.2, 0.25) is 0 Å². The first-order valence-electron chi connectivity index (χ1n) is 9.69. The minimum Gasteiger partial charge on any atom is -0.467 e. The van der Waals surface area contributed by atoms with Crippen LogP contribution < -0.4 is 10.6 Å². The number of halogens is 1. The third-order valence-corrected chi connectivity index (χ3v) is 5.04. The number of carbonyl (C=O) groups is 2. The lowest BCUT2D eigenvalue weighted by Crippen LogP contribution is -2.44. The second-order valence-corrected chi connectivity index (χ2v) is 9.43. The van der Waals surface area contributed by atoms with E-state index in [0.717, 1.165) is 37.2 Å². The van der Waals surface area contributed by atoms with E-state index in [4.69, 9.17) is 21.7 Å². The van der Waals surface area contributed by atoms with E-state index in [1.165, 1.54) is 16.2 Å². The van der Waals surface area contributed by atoms with Gasteiger partial charge in [0.2, 0.25) is 0 Å². The van der Waals surface area contributed by atoms with Gasteiger partial charge < -0.3 is 20.1 Å². The van der Waals surface area contributed by atoms with Crippen LogP contribution in [0, 0.1) is 3.57 Å². The van der Waals surface area contributed by atoms with Crippen LogP contribution >= 0.6 is 34.8 Å². The highest BCUT2D eigenvalue weighted by molar-refractivity contribution is 14.1. The second-order valence-electron chi connectivity index (χ2n) is 7.69. The lowest BCUT2D eigenvalue weighted by molar-refractivity contribution is -0.143. The molecule has 0 aliphatic heterocycles. The maximum Gasteiger partial charge on any atom is 0.408 e. The van der Waals surface area contributed by atoms with Gasteiger partial charge in [-0.25, -0.2) is 9.59 Å². The number of aryl methyl sites for hydroxylation is 1. The number of benzene rings is 1. The van der Waals surface area contributed by atoms with Crippen LogP contribution in [-0.2, 0) is 20.7 Å². The fourth-order valence-corrected chi connectivity index (χ4v) is 3.10. The highest BCUT2D eigenvalue weighted by Crippen LogP contribution is 2.10. The standard InChI is InChI=1S/C21H31IN2O4S/c1-21(2,3)28-20(26)24-17(19(25)27-4)7-5-6-14-23-18(29)13-10-15-8-11-16(22)12-9-15/h8-9,11-12,17H,5-7,10,13-14H2,1-4H3,(H,23,29)(H,24,26)/t17-/m0/s1. The van der Waals surface area contributed by atoms with Crippen molar-refractivity contribution in [3.05, 3.63) is 33.4 Å². The molecule has 6 nitrogen and oxygen atoms in total. The Kier molecular flexibility index (Phi) is 11.5. The topological polar surface area (TPSA) is 76.7 Å². The van der Waals surface area contributed by atoms with Crippen LogP contribution in [0.15, 0.2) is 24.3 Å². The van der Waals surface area contributed by atoms with E-state index in [0.29, 0.717) is 6.42 Å². The van der Waals surface area contributed by atoms with Gasteiger partial charge in [-0.3, -0.25) is 0 Å². The minimum atomic E-state index is -0.720. The zero-order chi connectivity index (χ0) is 21.9. The molecule has 162 valence electrons. The summed E-state index contributed by atoms with van der Waals surface area (Å²) in [6, 6.07) is 7.71. The minimum absolute atomic E-state index is 0.475. The Balaban J connectivity index is 2.28. The molecule has 8 heteroatoms. The number of hydrogen-bond donors (Lipinski definition) is 2. The summed E-state index contributed by atoms with van der Waals surface area (Å²) in [5, 5.41) is 5.84. The third kappa shape index (κ3) is 12.0. The normalized spacial score (nSPS) is 12.0. The predicted octanol–water partition coefficient (Wildman–Crippen LogP) is 4.38. The molecule has 29 heavy (non-hydrogen) atoms. The number of unbranched alkanes of at least 4 members (excludes halogenated alkanes) is 1. The third-order valence-electron chi connectivity index (χ3n) is 3.97. The smallest absolute Gasteiger partial charge is 0.408 e. The summed E-state index contributed by atoms with van der Waals surface area (Å²) in [7, 11) is 1.31. The molecule has 0 fully saturated rings. The number of methoxy groups -OCH3 is 1. The van der Waals surface area contributed by atoms with Crippen molar-refractivity contribution in [2.75, 3.05) is 13.7 Å². The van der Waals surface area contributed by atoms with Crippen molar-refractivity contribution in [1.29, 1.82) is 0 Å². The summed E-state index contributed by atoms with van der Waals surface area (Å²) in [5.41, 5.74) is 0.645. The summed E-state index contributed by atoms with van der Waals surface area (Å²) < 4.78 is 11.2. The summed E-state index contributed by atoms with van der Waals surface area (Å²) >= 11 is 7.68. The zero-order valence-corrected chi connectivity index (χ0v) is 20.5. The molecule has 1 aromatic carbocycles. The lowest BCUT2D eigenvalue weighted by Gasteiger charge is -2.22. The summed E-state index contributed by atoms with van der Waals surface area (Å²) in [6.07, 6.45) is 3.13. The van der Waals surface area contributed by atoms with E-state index < -0.39 is 23.7 Å². The molecule has 0 spiro atoms. The van der Waals surface area contributed by atoms with E-state index in [-0.39, 0.29) is 0 Å². The maximum atomic E-state index is 11.9. The van der Waals surface area contributed by atoms with Gasteiger partial charge in [-0.15, -0.1) is 0 Å². The van der Waals surface area contributed by atoms with E-state index in [9.17, 15) is 9.59 Å². The molecule has 0 saturated carbocycles. The van der Waals surface area contributed by atoms with Gasteiger partial charge in [0.25, 0.3) is 0 Å². The molecule has 1 rings (SSSR count). The van der Waals surface area contributed by atoms with Gasteiger partial charge in [-0.2, -0.15) is 0 Å². The van der Waals surface area contributed by atoms with E-state index in [1.54, 1.807) is 20.8 Å². The van der Waals surface area contributed by atoms with Gasteiger partial charge in [0.1, 0.15) is 11.6 Å². The van der Waals surface area contributed by atoms with E-state index in [1.807, 2.05) is 0 Å². The molecule has 2 N–H and O–H groups in total. The molecule has 0 aromatic heterocycles. The van der Waals surface area contributed by atoms with Crippen LogP contribution in [0.3, 0.4) is 0 Å². The van der Waals surface area contributed by atoms with Crippen LogP contribution in [0.1, 0.15) is 52.0 Å². The molecule has 1 amide bonds. The number of carbonyl (C=O) groups excluding carboxylic acids is 2. The number of ether oxygens (including phenoxy) is 2. The van der Waals surface area contributed by atoms with Crippen molar-refractivity contribution in [3.63, 3.8) is 0 Å². The van der Waals surface area contributed by atoms with Crippen molar-refractivity contribution in [2.45, 2.75) is 64.5 Å². The van der Waals surface area contributed by atoms with Gasteiger partial charge in [0, 0.05) is 16.5 Å². The number of esters is 1. The van der Waals surface area contributed by atoms with Crippen molar-refractivity contribution in [2.24, 2.45) is 0 Å². The van der Waals surface area contributed by atoms with Crippen LogP contribution in [0.25, 0.3) is 0 Å². The number of alkyl carbamates (subject to hydrolysis) is 1. The number of thiocarbonyl (C=S) groups is 1. The fraction of sp³-hybridized carbons (Fsp3) is 0.571. The Labute approximate surface area is 192 Å². The largest absolute Gasteiger partial charge is 0.467 e. The monoisotopic (exact) mass is 534 g/mol. The maximum absolute atomic E-state index is 11.9. The van der Waals surface area contributed by atoms with Gasteiger partial charge in [-0.1, -0.05) is 24.4 Å². The molecule has 0 saturated heterocycles. The highest BCUT2D eigenvalue weighted by Gasteiger charge is 2.24. The lowest BCUT2D eigenvalue weighted by atomic mass is 10.1. The van der Waals surface area contributed by atoms with Crippen LogP contribution in [0.4, 0.5) is 4.79 Å². The van der Waals surface area contributed by atoms with Gasteiger partial charge in [0.15, 0.2) is 0 Å². The summed E-state index contributed by atoms with van der Waals surface area (Å²) in [6.45, 7) is 6.04. The quantitative estimate of drug-likeness (QED) is 0.201. The molecule has 0 aliphatic carbocycles. The molecule has 0 radical (unpaired) electrons. The van der Waals surface area contributed by atoms with E-state index >= 15 is 0 Å².